The van der Waals surface area contributed by atoms with Crippen LogP contribution in [0.3, 0.4) is 0 Å². The fourth-order valence-corrected chi connectivity index (χ4v) is 4.05. The lowest BCUT2D eigenvalue weighted by molar-refractivity contribution is -0.348. The lowest BCUT2D eigenvalue weighted by atomic mass is 9.93. The first-order valence-corrected chi connectivity index (χ1v) is 12.2. The van der Waals surface area contributed by atoms with Crippen LogP contribution in [0.1, 0.15) is 26.3 Å². The Labute approximate surface area is 254 Å². The molecule has 250 valence electrons. The van der Waals surface area contributed by atoms with E-state index in [0.717, 1.165) is 43.5 Å². The standard InChI is InChI=1S/C26H15ClF12N2O5/c1-44-19-14(3-2-4-16(19)40-20(42)11-5-7-13(8-6-11)46-26(37,38)39)21(43)41-18-15(27)9-12(10-17(18)45-22(28)29)23(30,24(31,32)33)25(34,35)36/h2-10,22H,1H3,(H,40,42)(H,41,43). The minimum atomic E-state index is -6.64. The molecular formula is C26H15ClF12N2O5. The molecule has 3 aromatic carbocycles. The molecule has 0 aliphatic heterocycles. The highest BCUT2D eigenvalue weighted by Crippen LogP contribution is 2.55. The van der Waals surface area contributed by atoms with Crippen LogP contribution >= 0.6 is 11.6 Å². The Kier molecular flexibility index (Phi) is 10.2. The summed E-state index contributed by atoms with van der Waals surface area (Å²) in [7, 11) is 0.993. The number of para-hydroxylation sites is 1. The maximum atomic E-state index is 14.6. The normalized spacial score (nSPS) is 12.5. The van der Waals surface area contributed by atoms with Crippen molar-refractivity contribution in [3.05, 3.63) is 76.3 Å². The summed E-state index contributed by atoms with van der Waals surface area (Å²) < 4.78 is 170. The number of hydrogen-bond acceptors (Lipinski definition) is 5. The Morgan fingerprint density at radius 3 is 1.89 bits per heavy atom. The van der Waals surface area contributed by atoms with Gasteiger partial charge in [0, 0.05) is 11.1 Å². The number of benzene rings is 3. The molecule has 20 heteroatoms. The number of anilines is 2. The van der Waals surface area contributed by atoms with Crippen LogP contribution in [0.5, 0.6) is 17.2 Å². The van der Waals surface area contributed by atoms with Crippen LogP contribution in [-0.4, -0.2) is 44.3 Å². The van der Waals surface area contributed by atoms with Gasteiger partial charge in [-0.3, -0.25) is 9.59 Å². The van der Waals surface area contributed by atoms with Crippen molar-refractivity contribution in [2.45, 2.75) is 31.0 Å². The Hall–Kier alpha value is -4.55. The minimum absolute atomic E-state index is 0.199. The number of rotatable bonds is 9. The third-order valence-electron chi connectivity index (χ3n) is 5.75. The summed E-state index contributed by atoms with van der Waals surface area (Å²) in [6, 6.07) is 6.34. The van der Waals surface area contributed by atoms with E-state index >= 15 is 0 Å². The Morgan fingerprint density at radius 2 is 1.39 bits per heavy atom. The first-order chi connectivity index (χ1) is 21.1. The number of nitrogens with one attached hydrogen (secondary N) is 2. The number of carbonyl (C=O) groups excluding carboxylic acids is 2. The second-order valence-corrected chi connectivity index (χ2v) is 9.14. The highest BCUT2D eigenvalue weighted by molar-refractivity contribution is 6.34. The third kappa shape index (κ3) is 7.80. The average Bonchev–Trinajstić information content (AvgIpc) is 2.92. The largest absolute Gasteiger partial charge is 0.573 e. The van der Waals surface area contributed by atoms with Gasteiger partial charge in [0.25, 0.3) is 11.8 Å². The van der Waals surface area contributed by atoms with E-state index in [1.165, 1.54) is 6.07 Å². The predicted octanol–water partition coefficient (Wildman–Crippen LogP) is 8.64. The molecule has 2 amide bonds. The van der Waals surface area contributed by atoms with E-state index in [2.05, 4.69) is 14.8 Å². The van der Waals surface area contributed by atoms with Crippen molar-refractivity contribution < 1.29 is 76.5 Å². The van der Waals surface area contributed by atoms with Gasteiger partial charge in [0.2, 0.25) is 0 Å². The van der Waals surface area contributed by atoms with Crippen molar-refractivity contribution >= 4 is 34.8 Å². The zero-order chi connectivity index (χ0) is 34.8. The Morgan fingerprint density at radius 1 is 0.804 bits per heavy atom. The number of halogens is 13. The number of carbonyl (C=O) groups is 2. The van der Waals surface area contributed by atoms with E-state index in [1.54, 1.807) is 0 Å². The molecule has 3 aromatic rings. The summed E-state index contributed by atoms with van der Waals surface area (Å²) in [5.74, 6) is -4.96. The van der Waals surface area contributed by atoms with Crippen LogP contribution in [-0.2, 0) is 5.67 Å². The van der Waals surface area contributed by atoms with Gasteiger partial charge in [0.15, 0.2) is 11.5 Å². The van der Waals surface area contributed by atoms with Gasteiger partial charge in [-0.15, -0.1) is 13.2 Å². The summed E-state index contributed by atoms with van der Waals surface area (Å²) in [5, 5.41) is 2.87. The maximum Gasteiger partial charge on any atom is 0.573 e. The van der Waals surface area contributed by atoms with Gasteiger partial charge in [0.1, 0.15) is 11.4 Å². The molecule has 7 nitrogen and oxygen atoms in total. The summed E-state index contributed by atoms with van der Waals surface area (Å²) >= 11 is 5.74. The first-order valence-electron chi connectivity index (χ1n) is 11.9. The van der Waals surface area contributed by atoms with Gasteiger partial charge in [-0.2, -0.15) is 35.1 Å². The number of methoxy groups -OCH3 is 1. The summed E-state index contributed by atoms with van der Waals surface area (Å²) in [5.41, 5.74) is -10.4. The van der Waals surface area contributed by atoms with Crippen molar-refractivity contribution in [1.29, 1.82) is 0 Å². The monoisotopic (exact) mass is 698 g/mol. The quantitative estimate of drug-likeness (QED) is 0.219. The molecule has 0 aliphatic rings. The molecule has 2 N–H and O–H groups in total. The van der Waals surface area contributed by atoms with Gasteiger partial charge in [0.05, 0.1) is 23.4 Å². The topological polar surface area (TPSA) is 85.9 Å². The number of hydrogen-bond donors (Lipinski definition) is 2. The SMILES string of the molecule is COc1c(NC(=O)c2ccc(OC(F)(F)F)cc2)cccc1C(=O)Nc1c(Cl)cc(C(F)(C(F)(F)F)C(F)(F)F)cc1OC(F)F. The molecule has 0 saturated heterocycles. The second-order valence-electron chi connectivity index (χ2n) is 8.73. The molecule has 0 aromatic heterocycles. The van der Waals surface area contributed by atoms with E-state index in [1.807, 2.05) is 5.32 Å². The number of ether oxygens (including phenoxy) is 3. The molecule has 0 bridgehead atoms. The van der Waals surface area contributed by atoms with E-state index in [0.29, 0.717) is 0 Å². The van der Waals surface area contributed by atoms with E-state index in [4.69, 9.17) is 16.3 Å². The molecule has 46 heavy (non-hydrogen) atoms. The summed E-state index contributed by atoms with van der Waals surface area (Å²) in [6.45, 7) is -3.91. The fourth-order valence-electron chi connectivity index (χ4n) is 3.80. The van der Waals surface area contributed by atoms with E-state index in [-0.39, 0.29) is 23.4 Å². The van der Waals surface area contributed by atoms with Gasteiger partial charge >= 0.3 is 31.0 Å². The van der Waals surface area contributed by atoms with Crippen molar-refractivity contribution in [3.8, 4) is 17.2 Å². The molecule has 0 heterocycles. The zero-order valence-corrected chi connectivity index (χ0v) is 23.0. The van der Waals surface area contributed by atoms with E-state index < -0.39 is 81.9 Å². The van der Waals surface area contributed by atoms with Crippen molar-refractivity contribution in [1.82, 2.24) is 0 Å². The van der Waals surface area contributed by atoms with Crippen LogP contribution in [0.4, 0.5) is 64.1 Å². The van der Waals surface area contributed by atoms with Gasteiger partial charge in [-0.25, -0.2) is 4.39 Å². The number of alkyl halides is 12. The minimum Gasteiger partial charge on any atom is -0.494 e. The molecule has 0 fully saturated rings. The maximum absolute atomic E-state index is 14.6. The van der Waals surface area contributed by atoms with Gasteiger partial charge < -0.3 is 24.8 Å². The molecule has 0 aliphatic carbocycles. The lowest BCUT2D eigenvalue weighted by Gasteiger charge is -2.31. The van der Waals surface area contributed by atoms with Crippen LogP contribution in [0.25, 0.3) is 0 Å². The predicted molar refractivity (Wildman–Crippen MR) is 135 cm³/mol. The third-order valence-corrected chi connectivity index (χ3v) is 6.05. The lowest BCUT2D eigenvalue weighted by Crippen LogP contribution is -2.50. The van der Waals surface area contributed by atoms with Crippen LogP contribution in [0.15, 0.2) is 54.6 Å². The molecule has 0 unspecified atom stereocenters. The molecule has 0 spiro atoms. The van der Waals surface area contributed by atoms with Crippen molar-refractivity contribution in [2.24, 2.45) is 0 Å². The molecule has 3 rings (SSSR count). The molecule has 0 atom stereocenters. The first kappa shape index (κ1) is 35.9. The van der Waals surface area contributed by atoms with Crippen LogP contribution in [0.2, 0.25) is 5.02 Å². The van der Waals surface area contributed by atoms with Gasteiger partial charge in [-0.05, 0) is 48.5 Å². The number of amides is 2. The second kappa shape index (κ2) is 13.1. The average molecular weight is 699 g/mol. The van der Waals surface area contributed by atoms with Crippen LogP contribution < -0.4 is 24.8 Å². The molecule has 0 saturated carbocycles. The Bertz CT molecular complexity index is 1580. The summed E-state index contributed by atoms with van der Waals surface area (Å²) in [4.78, 5) is 25.8. The summed E-state index contributed by atoms with van der Waals surface area (Å²) in [6.07, 6.45) is -18.3. The highest BCUT2D eigenvalue weighted by Gasteiger charge is 2.73. The van der Waals surface area contributed by atoms with Gasteiger partial charge in [-0.1, -0.05) is 17.7 Å². The molecule has 0 radical (unpaired) electrons. The highest BCUT2D eigenvalue weighted by atomic mass is 35.5. The smallest absolute Gasteiger partial charge is 0.494 e. The van der Waals surface area contributed by atoms with Crippen molar-refractivity contribution in [3.63, 3.8) is 0 Å². The van der Waals surface area contributed by atoms with E-state index in [9.17, 15) is 62.3 Å². The molecular weight excluding hydrogens is 684 g/mol. The zero-order valence-electron chi connectivity index (χ0n) is 22.2. The fraction of sp³-hybridized carbons (Fsp3) is 0.231. The van der Waals surface area contributed by atoms with Crippen molar-refractivity contribution in [2.75, 3.05) is 17.7 Å². The van der Waals surface area contributed by atoms with Crippen LogP contribution in [0, 0.1) is 0 Å². The Balaban J connectivity index is 1.98.